The van der Waals surface area contributed by atoms with E-state index >= 15 is 0 Å². The van der Waals surface area contributed by atoms with E-state index in [9.17, 15) is 5.11 Å². The molecule has 1 heterocycles. The number of ether oxygens (including phenoxy) is 1. The molecule has 2 nitrogen and oxygen atoms in total. The Labute approximate surface area is 127 Å². The standard InChI is InChI=1S/C17H17BrO2/c18-13-7-9-15-16(19)11-14(20-17(15)10-13)8-6-12-4-2-1-3-5-12/h1-5,7,9-10,14,16,19H,6,8,11H2/t14?,16-/m1/s1. The Kier molecular flexibility index (Phi) is 4.08. The van der Waals surface area contributed by atoms with Crippen molar-refractivity contribution < 1.29 is 9.84 Å². The molecule has 0 saturated heterocycles. The first-order valence-corrected chi connectivity index (χ1v) is 7.70. The zero-order valence-electron chi connectivity index (χ0n) is 11.1. The molecular formula is C17H17BrO2. The summed E-state index contributed by atoms with van der Waals surface area (Å²) in [6.45, 7) is 0. The van der Waals surface area contributed by atoms with Crippen LogP contribution in [0.25, 0.3) is 0 Å². The quantitative estimate of drug-likeness (QED) is 0.909. The zero-order chi connectivity index (χ0) is 13.9. The average molecular weight is 333 g/mol. The van der Waals surface area contributed by atoms with Crippen molar-refractivity contribution >= 4 is 15.9 Å². The number of halogens is 1. The van der Waals surface area contributed by atoms with E-state index < -0.39 is 6.10 Å². The van der Waals surface area contributed by atoms with E-state index in [0.717, 1.165) is 28.6 Å². The van der Waals surface area contributed by atoms with Gasteiger partial charge in [-0.15, -0.1) is 0 Å². The second kappa shape index (κ2) is 5.98. The van der Waals surface area contributed by atoms with Crippen LogP contribution in [0.1, 0.15) is 30.1 Å². The van der Waals surface area contributed by atoms with Crippen molar-refractivity contribution in [2.45, 2.75) is 31.5 Å². The van der Waals surface area contributed by atoms with Crippen molar-refractivity contribution in [2.75, 3.05) is 0 Å². The summed E-state index contributed by atoms with van der Waals surface area (Å²) < 4.78 is 6.99. The third-order valence-corrected chi connectivity index (χ3v) is 4.21. The van der Waals surface area contributed by atoms with Crippen LogP contribution in [0, 0.1) is 0 Å². The van der Waals surface area contributed by atoms with Crippen LogP contribution in [0.15, 0.2) is 53.0 Å². The second-order valence-electron chi connectivity index (χ2n) is 5.20. The third-order valence-electron chi connectivity index (χ3n) is 3.71. The molecule has 0 radical (unpaired) electrons. The molecule has 20 heavy (non-hydrogen) atoms. The summed E-state index contributed by atoms with van der Waals surface area (Å²) in [6.07, 6.45) is 2.22. The monoisotopic (exact) mass is 332 g/mol. The molecule has 0 amide bonds. The van der Waals surface area contributed by atoms with Crippen LogP contribution in [0.5, 0.6) is 5.75 Å². The molecule has 1 aliphatic rings. The van der Waals surface area contributed by atoms with Gasteiger partial charge in [0.15, 0.2) is 0 Å². The molecule has 0 aromatic heterocycles. The molecule has 2 aromatic carbocycles. The number of aryl methyl sites for hydroxylation is 1. The zero-order valence-corrected chi connectivity index (χ0v) is 12.7. The summed E-state index contributed by atoms with van der Waals surface area (Å²) in [6, 6.07) is 16.2. The molecule has 3 rings (SSSR count). The van der Waals surface area contributed by atoms with E-state index in [0.29, 0.717) is 6.42 Å². The number of aliphatic hydroxyl groups excluding tert-OH is 1. The molecule has 1 unspecified atom stereocenters. The first-order chi connectivity index (χ1) is 9.72. The maximum absolute atomic E-state index is 10.2. The lowest BCUT2D eigenvalue weighted by Crippen LogP contribution is -2.26. The highest BCUT2D eigenvalue weighted by atomic mass is 79.9. The predicted molar refractivity (Wildman–Crippen MR) is 82.9 cm³/mol. The van der Waals surface area contributed by atoms with Gasteiger partial charge in [0, 0.05) is 16.5 Å². The number of aliphatic hydroxyl groups is 1. The highest BCUT2D eigenvalue weighted by Crippen LogP contribution is 2.37. The summed E-state index contributed by atoms with van der Waals surface area (Å²) in [7, 11) is 0. The van der Waals surface area contributed by atoms with Gasteiger partial charge in [0.1, 0.15) is 11.9 Å². The normalized spacial score (nSPS) is 21.1. The molecule has 1 N–H and O–H groups in total. The van der Waals surface area contributed by atoms with Crippen molar-refractivity contribution in [2.24, 2.45) is 0 Å². The van der Waals surface area contributed by atoms with Crippen LogP contribution in [-0.4, -0.2) is 11.2 Å². The van der Waals surface area contributed by atoms with Crippen molar-refractivity contribution in [3.05, 3.63) is 64.1 Å². The molecule has 104 valence electrons. The van der Waals surface area contributed by atoms with Gasteiger partial charge >= 0.3 is 0 Å². The van der Waals surface area contributed by atoms with E-state index in [1.807, 2.05) is 24.3 Å². The fraction of sp³-hybridized carbons (Fsp3) is 0.294. The molecular weight excluding hydrogens is 316 g/mol. The molecule has 2 atom stereocenters. The molecule has 2 aromatic rings. The molecule has 0 fully saturated rings. The van der Waals surface area contributed by atoms with Gasteiger partial charge in [0.05, 0.1) is 6.10 Å². The van der Waals surface area contributed by atoms with Gasteiger partial charge < -0.3 is 9.84 Å². The number of fused-ring (bicyclic) bond motifs is 1. The van der Waals surface area contributed by atoms with Gasteiger partial charge in [-0.3, -0.25) is 0 Å². The minimum Gasteiger partial charge on any atom is -0.490 e. The van der Waals surface area contributed by atoms with Crippen LogP contribution < -0.4 is 4.74 Å². The van der Waals surface area contributed by atoms with E-state index in [1.165, 1.54) is 5.56 Å². The molecule has 0 bridgehead atoms. The largest absolute Gasteiger partial charge is 0.490 e. The van der Waals surface area contributed by atoms with Crippen LogP contribution in [0.4, 0.5) is 0 Å². The number of benzene rings is 2. The lowest BCUT2D eigenvalue weighted by Gasteiger charge is -2.29. The van der Waals surface area contributed by atoms with Crippen molar-refractivity contribution in [3.8, 4) is 5.75 Å². The van der Waals surface area contributed by atoms with E-state index in [4.69, 9.17) is 4.74 Å². The summed E-state index contributed by atoms with van der Waals surface area (Å²) in [5.41, 5.74) is 2.20. The van der Waals surface area contributed by atoms with Gasteiger partial charge in [0.2, 0.25) is 0 Å². The maximum Gasteiger partial charge on any atom is 0.126 e. The fourth-order valence-corrected chi connectivity index (χ4v) is 2.98. The van der Waals surface area contributed by atoms with Gasteiger partial charge in [-0.2, -0.15) is 0 Å². The van der Waals surface area contributed by atoms with Crippen molar-refractivity contribution in [3.63, 3.8) is 0 Å². The SMILES string of the molecule is O[C@@H]1CC(CCc2ccccc2)Oc2cc(Br)ccc21. The molecule has 0 aliphatic carbocycles. The highest BCUT2D eigenvalue weighted by Gasteiger charge is 2.26. The van der Waals surface area contributed by atoms with Crippen LogP contribution in [-0.2, 0) is 6.42 Å². The minimum atomic E-state index is -0.423. The van der Waals surface area contributed by atoms with Crippen LogP contribution in [0.2, 0.25) is 0 Å². The predicted octanol–water partition coefficient (Wildman–Crippen LogP) is 4.27. The number of hydrogen-bond donors (Lipinski definition) is 1. The average Bonchev–Trinajstić information content (AvgIpc) is 2.46. The Bertz CT molecular complexity index is 583. The Morgan fingerprint density at radius 1 is 1.15 bits per heavy atom. The summed E-state index contributed by atoms with van der Waals surface area (Å²) in [5, 5.41) is 10.2. The molecule has 0 spiro atoms. The minimum absolute atomic E-state index is 0.0759. The Balaban J connectivity index is 1.68. The van der Waals surface area contributed by atoms with Crippen LogP contribution in [0.3, 0.4) is 0 Å². The maximum atomic E-state index is 10.2. The lowest BCUT2D eigenvalue weighted by atomic mass is 9.95. The first-order valence-electron chi connectivity index (χ1n) is 6.90. The highest BCUT2D eigenvalue weighted by molar-refractivity contribution is 9.10. The molecule has 1 aliphatic heterocycles. The summed E-state index contributed by atoms with van der Waals surface area (Å²) >= 11 is 3.44. The second-order valence-corrected chi connectivity index (χ2v) is 6.11. The number of hydrogen-bond acceptors (Lipinski definition) is 2. The van der Waals surface area contributed by atoms with Gasteiger partial charge in [0.25, 0.3) is 0 Å². The fourth-order valence-electron chi connectivity index (χ4n) is 2.64. The first kappa shape index (κ1) is 13.7. The van der Waals surface area contributed by atoms with E-state index in [2.05, 4.69) is 40.2 Å². The van der Waals surface area contributed by atoms with Crippen molar-refractivity contribution in [1.82, 2.24) is 0 Å². The molecule has 0 saturated carbocycles. The van der Waals surface area contributed by atoms with Crippen LogP contribution >= 0.6 is 15.9 Å². The Hall–Kier alpha value is -1.32. The van der Waals surface area contributed by atoms with E-state index in [1.54, 1.807) is 0 Å². The number of rotatable bonds is 3. The third kappa shape index (κ3) is 3.05. The smallest absolute Gasteiger partial charge is 0.126 e. The van der Waals surface area contributed by atoms with Gasteiger partial charge in [-0.1, -0.05) is 52.3 Å². The summed E-state index contributed by atoms with van der Waals surface area (Å²) in [5.74, 6) is 0.802. The summed E-state index contributed by atoms with van der Waals surface area (Å²) in [4.78, 5) is 0. The van der Waals surface area contributed by atoms with Gasteiger partial charge in [-0.25, -0.2) is 0 Å². The topological polar surface area (TPSA) is 29.5 Å². The molecule has 3 heteroatoms. The van der Waals surface area contributed by atoms with Gasteiger partial charge in [-0.05, 0) is 30.5 Å². The van der Waals surface area contributed by atoms with Crippen molar-refractivity contribution in [1.29, 1.82) is 0 Å². The Morgan fingerprint density at radius 3 is 2.75 bits per heavy atom. The Morgan fingerprint density at radius 2 is 1.95 bits per heavy atom. The van der Waals surface area contributed by atoms with E-state index in [-0.39, 0.29) is 6.10 Å². The lowest BCUT2D eigenvalue weighted by molar-refractivity contribution is 0.0619.